The summed E-state index contributed by atoms with van der Waals surface area (Å²) in [5.74, 6) is -0.489. The number of rotatable bonds is 7. The molecule has 2 atom stereocenters. The van der Waals surface area contributed by atoms with Gasteiger partial charge in [0.1, 0.15) is 5.57 Å². The van der Waals surface area contributed by atoms with E-state index in [4.69, 9.17) is 4.74 Å². The van der Waals surface area contributed by atoms with Crippen LogP contribution in [-0.4, -0.2) is 41.1 Å². The molecule has 0 unspecified atom stereocenters. The van der Waals surface area contributed by atoms with Gasteiger partial charge in [-0.05, 0) is 44.9 Å². The quantitative estimate of drug-likeness (QED) is 0.653. The molecule has 3 N–H and O–H groups in total. The number of hydrogen-bond donors (Lipinski definition) is 3. The van der Waals surface area contributed by atoms with Crippen molar-refractivity contribution in [1.82, 2.24) is 5.32 Å². The van der Waals surface area contributed by atoms with Gasteiger partial charge in [-0.25, -0.2) is 0 Å². The van der Waals surface area contributed by atoms with Gasteiger partial charge in [0.2, 0.25) is 0 Å². The predicted octanol–water partition coefficient (Wildman–Crippen LogP) is 3.17. The topological polar surface area (TPSA) is 91.2 Å². The first kappa shape index (κ1) is 19.9. The molecule has 0 aromatic heterocycles. The Bertz CT molecular complexity index is 744. The summed E-state index contributed by atoms with van der Waals surface area (Å²) >= 11 is 0. The highest BCUT2D eigenvalue weighted by atomic mass is 16.5. The summed E-state index contributed by atoms with van der Waals surface area (Å²) in [4.78, 5) is 17.1. The molecule has 2 rings (SSSR count). The van der Waals surface area contributed by atoms with Crippen molar-refractivity contribution in [3.8, 4) is 0 Å². The summed E-state index contributed by atoms with van der Waals surface area (Å²) in [6, 6.07) is 9.23. The molecular formula is C20H26N2O4. The van der Waals surface area contributed by atoms with Crippen LogP contribution in [0.4, 0.5) is 5.69 Å². The third-order valence-electron chi connectivity index (χ3n) is 4.11. The predicted molar refractivity (Wildman–Crippen MR) is 101 cm³/mol. The van der Waals surface area contributed by atoms with Gasteiger partial charge in [-0.15, -0.1) is 0 Å². The Morgan fingerprint density at radius 3 is 2.42 bits per heavy atom. The summed E-state index contributed by atoms with van der Waals surface area (Å²) in [5, 5.41) is 22.9. The highest BCUT2D eigenvalue weighted by molar-refractivity contribution is 6.25. The van der Waals surface area contributed by atoms with Crippen molar-refractivity contribution in [1.29, 1.82) is 0 Å². The molecule has 26 heavy (non-hydrogen) atoms. The van der Waals surface area contributed by atoms with Gasteiger partial charge >= 0.3 is 0 Å². The Hall–Kier alpha value is -2.44. The molecule has 0 radical (unpaired) electrons. The van der Waals surface area contributed by atoms with Crippen LogP contribution in [0.1, 0.15) is 33.6 Å². The van der Waals surface area contributed by atoms with Crippen LogP contribution < -0.4 is 5.32 Å². The average Bonchev–Trinajstić information content (AvgIpc) is 2.89. The van der Waals surface area contributed by atoms with E-state index in [0.717, 1.165) is 5.57 Å². The van der Waals surface area contributed by atoms with E-state index in [1.165, 1.54) is 0 Å². The van der Waals surface area contributed by atoms with E-state index in [2.05, 4.69) is 10.3 Å². The molecule has 0 saturated heterocycles. The van der Waals surface area contributed by atoms with Crippen LogP contribution in [0.3, 0.4) is 0 Å². The lowest BCUT2D eigenvalue weighted by Crippen LogP contribution is -2.26. The van der Waals surface area contributed by atoms with E-state index in [1.807, 2.05) is 44.2 Å². The number of methoxy groups -OCH3 is 1. The van der Waals surface area contributed by atoms with Crippen LogP contribution in [0.15, 0.2) is 57.9 Å². The van der Waals surface area contributed by atoms with Crippen molar-refractivity contribution in [3.63, 3.8) is 0 Å². The number of benzene rings is 1. The number of aliphatic hydroxyl groups is 2. The largest absolute Gasteiger partial charge is 0.505 e. The fourth-order valence-electron chi connectivity index (χ4n) is 2.82. The molecule has 0 fully saturated rings. The number of ether oxygens (including phenoxy) is 1. The first-order chi connectivity index (χ1) is 12.3. The molecule has 1 amide bonds. The fourth-order valence-corrected chi connectivity index (χ4v) is 2.82. The second-order valence-electron chi connectivity index (χ2n) is 6.59. The summed E-state index contributed by atoms with van der Waals surface area (Å²) in [6.07, 6.45) is -0.193. The molecule has 6 nitrogen and oxygen atoms in total. The molecule has 0 saturated carbocycles. The minimum absolute atomic E-state index is 0.100. The Morgan fingerprint density at radius 2 is 1.92 bits per heavy atom. The zero-order valence-corrected chi connectivity index (χ0v) is 15.6. The van der Waals surface area contributed by atoms with Crippen LogP contribution in [0.2, 0.25) is 0 Å². The Labute approximate surface area is 153 Å². The van der Waals surface area contributed by atoms with E-state index in [-0.39, 0.29) is 23.3 Å². The van der Waals surface area contributed by atoms with Crippen molar-refractivity contribution < 1.29 is 19.7 Å². The molecule has 0 bridgehead atoms. The van der Waals surface area contributed by atoms with Gasteiger partial charge in [-0.3, -0.25) is 9.79 Å². The molecule has 1 aromatic carbocycles. The van der Waals surface area contributed by atoms with Crippen LogP contribution in [0.5, 0.6) is 0 Å². The van der Waals surface area contributed by atoms with Crippen LogP contribution in [0, 0.1) is 0 Å². The van der Waals surface area contributed by atoms with Crippen molar-refractivity contribution in [2.75, 3.05) is 7.11 Å². The summed E-state index contributed by atoms with van der Waals surface area (Å²) in [6.45, 7) is 5.31. The molecule has 1 aliphatic heterocycles. The third kappa shape index (κ3) is 4.80. The highest BCUT2D eigenvalue weighted by Crippen LogP contribution is 2.26. The van der Waals surface area contributed by atoms with E-state index in [0.29, 0.717) is 29.9 Å². The maximum atomic E-state index is 12.5. The number of amides is 1. The van der Waals surface area contributed by atoms with Gasteiger partial charge < -0.3 is 20.3 Å². The SMILES string of the molecule is CO[C@@H](CC(=Nc1ccccc1)C1=C(O)C(=C(C)C)NC1=O)C[C@H](C)O. The zero-order chi connectivity index (χ0) is 19.3. The molecular weight excluding hydrogens is 332 g/mol. The minimum Gasteiger partial charge on any atom is -0.505 e. The molecule has 0 spiro atoms. The number of para-hydroxylation sites is 1. The first-order valence-corrected chi connectivity index (χ1v) is 8.59. The lowest BCUT2D eigenvalue weighted by molar-refractivity contribution is -0.115. The number of nitrogens with one attached hydrogen (secondary N) is 1. The number of carbonyl (C=O) groups is 1. The van der Waals surface area contributed by atoms with E-state index < -0.39 is 6.10 Å². The highest BCUT2D eigenvalue weighted by Gasteiger charge is 2.32. The smallest absolute Gasteiger partial charge is 0.261 e. The molecule has 0 aliphatic carbocycles. The van der Waals surface area contributed by atoms with E-state index in [1.54, 1.807) is 14.0 Å². The number of hydrogen-bond acceptors (Lipinski definition) is 5. The lowest BCUT2D eigenvalue weighted by atomic mass is 9.99. The standard InChI is InChI=1S/C20H26N2O4/c1-12(2)18-19(24)17(20(25)22-18)16(11-15(26-4)10-13(3)23)21-14-8-6-5-7-9-14/h5-9,13,15,23-24H,10-11H2,1-4H3,(H,22,25)/t13-,15+/m0/s1. The molecule has 1 aliphatic rings. The average molecular weight is 358 g/mol. The number of nitrogens with zero attached hydrogens (tertiary/aromatic N) is 1. The minimum atomic E-state index is -0.550. The fraction of sp³-hybridized carbons (Fsp3) is 0.400. The van der Waals surface area contributed by atoms with Crippen molar-refractivity contribution in [2.45, 2.75) is 45.8 Å². The third-order valence-corrected chi connectivity index (χ3v) is 4.11. The van der Waals surface area contributed by atoms with Crippen LogP contribution >= 0.6 is 0 Å². The summed E-state index contributed by atoms with van der Waals surface area (Å²) < 4.78 is 5.44. The Balaban J connectivity index is 2.49. The maximum Gasteiger partial charge on any atom is 0.261 e. The second kappa shape index (κ2) is 8.78. The van der Waals surface area contributed by atoms with Gasteiger partial charge in [0.05, 0.1) is 29.3 Å². The van der Waals surface area contributed by atoms with Crippen molar-refractivity contribution >= 4 is 17.3 Å². The monoisotopic (exact) mass is 358 g/mol. The molecule has 1 heterocycles. The number of allylic oxidation sites excluding steroid dienone is 1. The van der Waals surface area contributed by atoms with Crippen LogP contribution in [-0.2, 0) is 9.53 Å². The van der Waals surface area contributed by atoms with E-state index in [9.17, 15) is 15.0 Å². The number of aliphatic hydroxyl groups excluding tert-OH is 2. The van der Waals surface area contributed by atoms with Crippen LogP contribution in [0.25, 0.3) is 0 Å². The van der Waals surface area contributed by atoms with E-state index >= 15 is 0 Å². The Kier molecular flexibility index (Phi) is 6.71. The lowest BCUT2D eigenvalue weighted by Gasteiger charge is -2.18. The van der Waals surface area contributed by atoms with Gasteiger partial charge in [0, 0.05) is 13.5 Å². The van der Waals surface area contributed by atoms with Crippen molar-refractivity contribution in [2.24, 2.45) is 4.99 Å². The van der Waals surface area contributed by atoms with Gasteiger partial charge in [0.15, 0.2) is 5.76 Å². The van der Waals surface area contributed by atoms with Gasteiger partial charge in [-0.2, -0.15) is 0 Å². The molecule has 140 valence electrons. The maximum absolute atomic E-state index is 12.5. The second-order valence-corrected chi connectivity index (χ2v) is 6.59. The summed E-state index contributed by atoms with van der Waals surface area (Å²) in [5.41, 5.74) is 2.47. The number of carbonyl (C=O) groups excluding carboxylic acids is 1. The van der Waals surface area contributed by atoms with Gasteiger partial charge in [0.25, 0.3) is 5.91 Å². The zero-order valence-electron chi connectivity index (χ0n) is 15.6. The van der Waals surface area contributed by atoms with Gasteiger partial charge in [-0.1, -0.05) is 18.2 Å². The Morgan fingerprint density at radius 1 is 1.27 bits per heavy atom. The molecule has 6 heteroatoms. The summed E-state index contributed by atoms with van der Waals surface area (Å²) in [7, 11) is 1.55. The van der Waals surface area contributed by atoms with Crippen molar-refractivity contribution in [3.05, 3.63) is 52.9 Å². The normalized spacial score (nSPS) is 17.3. The first-order valence-electron chi connectivity index (χ1n) is 8.59. The number of aliphatic imine (C=N–C) groups is 1. The molecule has 1 aromatic rings.